The monoisotopic (exact) mass is 305 g/mol. The second-order valence-electron chi connectivity index (χ2n) is 5.00. The number of aliphatic hydroxyl groups is 1. The van der Waals surface area contributed by atoms with E-state index in [1.807, 2.05) is 6.92 Å². The summed E-state index contributed by atoms with van der Waals surface area (Å²) in [6, 6.07) is 1.54. The highest BCUT2D eigenvalue weighted by Gasteiger charge is 2.37. The summed E-state index contributed by atoms with van der Waals surface area (Å²) >= 11 is 1.26. The number of nitrogens with zero attached hydrogens (tertiary/aromatic N) is 1. The molecule has 1 atom stereocenters. The molecule has 0 radical (unpaired) electrons. The van der Waals surface area contributed by atoms with E-state index in [-0.39, 0.29) is 11.5 Å². The molecule has 7 heteroatoms. The third-order valence-electron chi connectivity index (χ3n) is 3.54. The number of sulfonamides is 1. The Bertz CT molecular complexity index is 540. The van der Waals surface area contributed by atoms with Gasteiger partial charge in [0, 0.05) is 30.5 Å². The maximum Gasteiger partial charge on any atom is 0.244 e. The quantitative estimate of drug-likeness (QED) is 0.914. The fraction of sp³-hybridized carbons (Fsp3) is 0.667. The average molecular weight is 305 g/mol. The van der Waals surface area contributed by atoms with Crippen LogP contribution in [0.2, 0.25) is 0 Å². The van der Waals surface area contributed by atoms with Crippen LogP contribution in [-0.4, -0.2) is 43.6 Å². The topological polar surface area (TPSA) is 66.8 Å². The first-order valence-electron chi connectivity index (χ1n) is 6.15. The van der Waals surface area contributed by atoms with Gasteiger partial charge in [-0.1, -0.05) is 0 Å². The first-order chi connectivity index (χ1) is 8.91. The second-order valence-corrected chi connectivity index (χ2v) is 7.94. The molecule has 1 aromatic heterocycles. The molecule has 1 aliphatic heterocycles. The molecule has 1 saturated heterocycles. The van der Waals surface area contributed by atoms with Gasteiger partial charge >= 0.3 is 0 Å². The Morgan fingerprint density at radius 3 is 2.89 bits per heavy atom. The molecule has 0 bridgehead atoms. The van der Waals surface area contributed by atoms with Crippen LogP contribution in [0.3, 0.4) is 0 Å². The predicted octanol–water partition coefficient (Wildman–Crippen LogP) is 1.43. The number of ether oxygens (including phenoxy) is 1. The van der Waals surface area contributed by atoms with Crippen LogP contribution in [0.5, 0.6) is 0 Å². The highest BCUT2D eigenvalue weighted by Crippen LogP contribution is 2.30. The van der Waals surface area contributed by atoms with E-state index in [4.69, 9.17) is 9.84 Å². The van der Waals surface area contributed by atoms with Gasteiger partial charge in [-0.25, -0.2) is 8.42 Å². The number of methoxy groups -OCH3 is 1. The zero-order valence-electron chi connectivity index (χ0n) is 11.1. The van der Waals surface area contributed by atoms with Gasteiger partial charge in [-0.15, -0.1) is 11.3 Å². The Balaban J connectivity index is 2.24. The van der Waals surface area contributed by atoms with Crippen molar-refractivity contribution in [3.63, 3.8) is 0 Å². The van der Waals surface area contributed by atoms with Crippen molar-refractivity contribution in [1.82, 2.24) is 4.31 Å². The zero-order valence-corrected chi connectivity index (χ0v) is 12.8. The molecule has 1 unspecified atom stereocenters. The second kappa shape index (κ2) is 5.49. The summed E-state index contributed by atoms with van der Waals surface area (Å²) in [5.74, 6) is 0. The van der Waals surface area contributed by atoms with E-state index in [2.05, 4.69) is 0 Å². The van der Waals surface area contributed by atoms with Gasteiger partial charge in [0.25, 0.3) is 0 Å². The van der Waals surface area contributed by atoms with E-state index in [1.54, 1.807) is 18.6 Å². The van der Waals surface area contributed by atoms with E-state index in [0.29, 0.717) is 18.0 Å². The Morgan fingerprint density at radius 2 is 2.32 bits per heavy atom. The molecule has 1 fully saturated rings. The number of piperidine rings is 1. The van der Waals surface area contributed by atoms with Gasteiger partial charge in [-0.05, 0) is 25.8 Å². The molecule has 2 heterocycles. The summed E-state index contributed by atoms with van der Waals surface area (Å²) < 4.78 is 31.9. The van der Waals surface area contributed by atoms with Gasteiger partial charge in [-0.2, -0.15) is 4.31 Å². The van der Waals surface area contributed by atoms with Gasteiger partial charge < -0.3 is 9.84 Å². The zero-order chi connectivity index (χ0) is 14.1. The SMILES string of the molecule is COC1(C)CCCN(S(=O)(=O)c2csc(CO)c2)C1. The summed E-state index contributed by atoms with van der Waals surface area (Å²) in [6.07, 6.45) is 1.65. The number of hydrogen-bond acceptors (Lipinski definition) is 5. The van der Waals surface area contributed by atoms with Crippen LogP contribution in [-0.2, 0) is 21.4 Å². The van der Waals surface area contributed by atoms with E-state index < -0.39 is 15.6 Å². The minimum absolute atomic E-state index is 0.129. The molecule has 5 nitrogen and oxygen atoms in total. The minimum atomic E-state index is -3.48. The summed E-state index contributed by atoms with van der Waals surface area (Å²) in [7, 11) is -1.86. The fourth-order valence-corrected chi connectivity index (χ4v) is 4.97. The summed E-state index contributed by atoms with van der Waals surface area (Å²) in [5.41, 5.74) is -0.416. The first kappa shape index (κ1) is 14.9. The third kappa shape index (κ3) is 3.00. The largest absolute Gasteiger partial charge is 0.391 e. The van der Waals surface area contributed by atoms with Crippen molar-refractivity contribution in [1.29, 1.82) is 0 Å². The number of aliphatic hydroxyl groups excluding tert-OH is 1. The summed E-state index contributed by atoms with van der Waals surface area (Å²) in [4.78, 5) is 0.923. The first-order valence-corrected chi connectivity index (χ1v) is 8.47. The standard InChI is InChI=1S/C12H19NO4S2/c1-12(17-2)4-3-5-13(9-12)19(15,16)11-6-10(7-14)18-8-11/h6,8,14H,3-5,7,9H2,1-2H3. The molecule has 1 N–H and O–H groups in total. The Kier molecular flexibility index (Phi) is 4.32. The van der Waals surface area contributed by atoms with Crippen molar-refractivity contribution in [2.75, 3.05) is 20.2 Å². The summed E-state index contributed by atoms with van der Waals surface area (Å²) in [6.45, 7) is 2.69. The lowest BCUT2D eigenvalue weighted by Gasteiger charge is -2.38. The van der Waals surface area contributed by atoms with Crippen LogP contribution < -0.4 is 0 Å². The maximum absolute atomic E-state index is 12.5. The molecule has 0 aromatic carbocycles. The minimum Gasteiger partial charge on any atom is -0.391 e. The molecule has 0 amide bonds. The van der Waals surface area contributed by atoms with Gasteiger partial charge in [-0.3, -0.25) is 0 Å². The predicted molar refractivity (Wildman–Crippen MR) is 73.6 cm³/mol. The highest BCUT2D eigenvalue weighted by molar-refractivity contribution is 7.89. The smallest absolute Gasteiger partial charge is 0.244 e. The van der Waals surface area contributed by atoms with Crippen molar-refractivity contribution >= 4 is 21.4 Å². The lowest BCUT2D eigenvalue weighted by molar-refractivity contribution is -0.0319. The van der Waals surface area contributed by atoms with E-state index in [0.717, 1.165) is 12.8 Å². The highest BCUT2D eigenvalue weighted by atomic mass is 32.2. The average Bonchev–Trinajstić information content (AvgIpc) is 2.88. The third-order valence-corrected chi connectivity index (χ3v) is 6.43. The van der Waals surface area contributed by atoms with Gasteiger partial charge in [0.15, 0.2) is 0 Å². The molecule has 0 spiro atoms. The van der Waals surface area contributed by atoms with Crippen LogP contribution in [0, 0.1) is 0 Å². The lowest BCUT2D eigenvalue weighted by Crippen LogP contribution is -2.49. The fourth-order valence-electron chi connectivity index (χ4n) is 2.26. The van der Waals surface area contributed by atoms with Gasteiger partial charge in [0.2, 0.25) is 10.0 Å². The maximum atomic E-state index is 12.5. The van der Waals surface area contributed by atoms with E-state index in [1.165, 1.54) is 15.6 Å². The molecular weight excluding hydrogens is 286 g/mol. The van der Waals surface area contributed by atoms with Crippen molar-refractivity contribution in [2.45, 2.75) is 36.9 Å². The number of rotatable bonds is 4. The molecule has 2 rings (SSSR count). The van der Waals surface area contributed by atoms with Gasteiger partial charge in [0.05, 0.1) is 17.1 Å². The number of hydrogen-bond donors (Lipinski definition) is 1. The molecule has 19 heavy (non-hydrogen) atoms. The molecule has 108 valence electrons. The number of thiophene rings is 1. The Morgan fingerprint density at radius 1 is 1.58 bits per heavy atom. The molecule has 0 saturated carbocycles. The van der Waals surface area contributed by atoms with Gasteiger partial charge in [0.1, 0.15) is 0 Å². The van der Waals surface area contributed by atoms with Crippen molar-refractivity contribution in [3.8, 4) is 0 Å². The summed E-state index contributed by atoms with van der Waals surface area (Å²) in [5, 5.41) is 10.6. The molecule has 0 aliphatic carbocycles. The van der Waals surface area contributed by atoms with Crippen molar-refractivity contribution < 1.29 is 18.3 Å². The molecule has 1 aromatic rings. The van der Waals surface area contributed by atoms with E-state index in [9.17, 15) is 8.42 Å². The molecular formula is C12H19NO4S2. The lowest BCUT2D eigenvalue weighted by atomic mass is 9.96. The normalized spacial score (nSPS) is 25.6. The molecule has 1 aliphatic rings. The van der Waals surface area contributed by atoms with Crippen LogP contribution in [0.4, 0.5) is 0 Å². The van der Waals surface area contributed by atoms with E-state index >= 15 is 0 Å². The Labute approximate surface area is 117 Å². The van der Waals surface area contributed by atoms with Crippen molar-refractivity contribution in [3.05, 3.63) is 16.3 Å². The Hall–Kier alpha value is -0.470. The van der Waals surface area contributed by atoms with Crippen LogP contribution in [0.15, 0.2) is 16.3 Å². The van der Waals surface area contributed by atoms with Crippen LogP contribution in [0.1, 0.15) is 24.6 Å². The van der Waals surface area contributed by atoms with Crippen molar-refractivity contribution in [2.24, 2.45) is 0 Å². The van der Waals surface area contributed by atoms with Crippen LogP contribution >= 0.6 is 11.3 Å². The van der Waals surface area contributed by atoms with Crippen LogP contribution in [0.25, 0.3) is 0 Å².